The molecule has 2 fully saturated rings. The standard InChI is InChI=1S/C19H25NO/c1-4-10-16(11-5-1)17-20-18(12-6-2-7-13-18)19(21-17)14-8-3-9-15-19/h1,4-5,10-11H,2-3,6-9,12-15H2. The number of rotatable bonds is 1. The summed E-state index contributed by atoms with van der Waals surface area (Å²) in [6, 6.07) is 10.5. The van der Waals surface area contributed by atoms with E-state index in [9.17, 15) is 0 Å². The predicted molar refractivity (Wildman–Crippen MR) is 85.7 cm³/mol. The normalized spacial score (nSPS) is 26.6. The van der Waals surface area contributed by atoms with E-state index in [0.717, 1.165) is 11.5 Å². The molecule has 1 aliphatic heterocycles. The first-order valence-corrected chi connectivity index (χ1v) is 8.68. The van der Waals surface area contributed by atoms with Crippen molar-refractivity contribution in [1.82, 2.24) is 0 Å². The van der Waals surface area contributed by atoms with Crippen LogP contribution >= 0.6 is 0 Å². The molecule has 0 aromatic heterocycles. The van der Waals surface area contributed by atoms with Crippen molar-refractivity contribution in [2.75, 3.05) is 0 Å². The lowest BCUT2D eigenvalue weighted by atomic mass is 9.65. The molecule has 1 aromatic carbocycles. The Balaban J connectivity index is 1.73. The Morgan fingerprint density at radius 3 is 2.05 bits per heavy atom. The van der Waals surface area contributed by atoms with Gasteiger partial charge in [-0.25, -0.2) is 4.99 Å². The van der Waals surface area contributed by atoms with Crippen LogP contribution in [-0.2, 0) is 4.74 Å². The molecular formula is C19H25NO. The fourth-order valence-corrected chi connectivity index (χ4v) is 4.70. The molecular weight excluding hydrogens is 258 g/mol. The highest BCUT2D eigenvalue weighted by molar-refractivity contribution is 5.96. The number of hydrogen-bond acceptors (Lipinski definition) is 2. The number of nitrogens with zero attached hydrogens (tertiary/aromatic N) is 1. The molecule has 0 unspecified atom stereocenters. The molecule has 21 heavy (non-hydrogen) atoms. The molecule has 1 heterocycles. The molecule has 2 saturated carbocycles. The van der Waals surface area contributed by atoms with Crippen LogP contribution in [0.2, 0.25) is 0 Å². The maximum Gasteiger partial charge on any atom is 0.217 e. The number of hydrogen-bond donors (Lipinski definition) is 0. The van der Waals surface area contributed by atoms with Gasteiger partial charge in [-0.3, -0.25) is 0 Å². The SMILES string of the molecule is c1ccc(C2=NC3(CCCCC3)C3(CCCCC3)O2)cc1. The minimum atomic E-state index is 0.0108. The Labute approximate surface area is 127 Å². The summed E-state index contributed by atoms with van der Waals surface area (Å²) in [5.41, 5.74) is 1.25. The van der Waals surface area contributed by atoms with Gasteiger partial charge in [-0.05, 0) is 50.7 Å². The molecule has 2 spiro atoms. The molecule has 112 valence electrons. The second kappa shape index (κ2) is 5.15. The number of fused-ring (bicyclic) bond motifs is 1. The monoisotopic (exact) mass is 283 g/mol. The van der Waals surface area contributed by atoms with Gasteiger partial charge in [0.15, 0.2) is 0 Å². The molecule has 0 N–H and O–H groups in total. The van der Waals surface area contributed by atoms with Gasteiger partial charge in [-0.1, -0.05) is 43.9 Å². The molecule has 2 nitrogen and oxygen atoms in total. The summed E-state index contributed by atoms with van der Waals surface area (Å²) in [6.45, 7) is 0. The molecule has 1 aromatic rings. The third kappa shape index (κ3) is 2.11. The minimum absolute atomic E-state index is 0.0108. The van der Waals surface area contributed by atoms with Crippen LogP contribution in [0.25, 0.3) is 0 Å². The van der Waals surface area contributed by atoms with Crippen LogP contribution in [0, 0.1) is 0 Å². The van der Waals surface area contributed by atoms with E-state index in [0.29, 0.717) is 0 Å². The van der Waals surface area contributed by atoms with Crippen LogP contribution in [-0.4, -0.2) is 17.0 Å². The zero-order valence-electron chi connectivity index (χ0n) is 12.8. The van der Waals surface area contributed by atoms with Crippen molar-refractivity contribution in [3.8, 4) is 0 Å². The number of ether oxygens (including phenoxy) is 1. The summed E-state index contributed by atoms with van der Waals surface area (Å²) >= 11 is 0. The molecule has 0 saturated heterocycles. The van der Waals surface area contributed by atoms with Gasteiger partial charge < -0.3 is 4.74 Å². The first-order chi connectivity index (χ1) is 10.3. The summed E-state index contributed by atoms with van der Waals surface area (Å²) in [6.07, 6.45) is 12.8. The van der Waals surface area contributed by atoms with Crippen LogP contribution in [0.5, 0.6) is 0 Å². The summed E-state index contributed by atoms with van der Waals surface area (Å²) in [5, 5.41) is 0. The lowest BCUT2D eigenvalue weighted by Crippen LogP contribution is -2.53. The van der Waals surface area contributed by atoms with Crippen LogP contribution in [0.1, 0.15) is 69.8 Å². The Hall–Kier alpha value is -1.31. The second-order valence-corrected chi connectivity index (χ2v) is 7.03. The summed E-state index contributed by atoms with van der Waals surface area (Å²) in [4.78, 5) is 5.22. The topological polar surface area (TPSA) is 21.6 Å². The fraction of sp³-hybridized carbons (Fsp3) is 0.632. The van der Waals surface area contributed by atoms with Crippen molar-refractivity contribution < 1.29 is 4.74 Å². The Morgan fingerprint density at radius 2 is 1.38 bits per heavy atom. The lowest BCUT2D eigenvalue weighted by Gasteiger charge is -2.47. The van der Waals surface area contributed by atoms with E-state index in [-0.39, 0.29) is 11.1 Å². The zero-order valence-corrected chi connectivity index (χ0v) is 12.8. The van der Waals surface area contributed by atoms with Crippen molar-refractivity contribution >= 4 is 5.90 Å². The largest absolute Gasteiger partial charge is 0.468 e. The third-order valence-corrected chi connectivity index (χ3v) is 5.82. The van der Waals surface area contributed by atoms with E-state index < -0.39 is 0 Å². The quantitative estimate of drug-likeness (QED) is 0.720. The predicted octanol–water partition coefficient (Wildman–Crippen LogP) is 4.87. The van der Waals surface area contributed by atoms with Gasteiger partial charge in [-0.2, -0.15) is 0 Å². The molecule has 3 aliphatic rings. The summed E-state index contributed by atoms with van der Waals surface area (Å²) < 4.78 is 6.62. The highest BCUT2D eigenvalue weighted by Crippen LogP contribution is 2.53. The van der Waals surface area contributed by atoms with E-state index in [4.69, 9.17) is 9.73 Å². The van der Waals surface area contributed by atoms with Crippen molar-refractivity contribution in [3.63, 3.8) is 0 Å². The van der Waals surface area contributed by atoms with E-state index in [1.165, 1.54) is 64.2 Å². The molecule has 0 radical (unpaired) electrons. The second-order valence-electron chi connectivity index (χ2n) is 7.03. The van der Waals surface area contributed by atoms with Gasteiger partial charge >= 0.3 is 0 Å². The number of aliphatic imine (C=N–C) groups is 1. The highest BCUT2D eigenvalue weighted by atomic mass is 16.5. The lowest BCUT2D eigenvalue weighted by molar-refractivity contribution is -0.0384. The van der Waals surface area contributed by atoms with E-state index in [2.05, 4.69) is 30.3 Å². The van der Waals surface area contributed by atoms with Crippen LogP contribution in [0.4, 0.5) is 0 Å². The molecule has 4 rings (SSSR count). The third-order valence-electron chi connectivity index (χ3n) is 5.82. The first kappa shape index (κ1) is 13.4. The molecule has 0 atom stereocenters. The smallest absolute Gasteiger partial charge is 0.217 e. The average Bonchev–Trinajstić information content (AvgIpc) is 2.84. The molecule has 2 heteroatoms. The van der Waals surface area contributed by atoms with Crippen LogP contribution in [0.3, 0.4) is 0 Å². The Kier molecular flexibility index (Phi) is 3.28. The molecule has 0 amide bonds. The summed E-state index contributed by atoms with van der Waals surface area (Å²) in [7, 11) is 0. The van der Waals surface area contributed by atoms with Gasteiger partial charge in [0.1, 0.15) is 11.1 Å². The molecule has 0 bridgehead atoms. The van der Waals surface area contributed by atoms with Crippen molar-refractivity contribution in [3.05, 3.63) is 35.9 Å². The number of benzene rings is 1. The van der Waals surface area contributed by atoms with Gasteiger partial charge in [0.2, 0.25) is 5.90 Å². The first-order valence-electron chi connectivity index (χ1n) is 8.68. The van der Waals surface area contributed by atoms with Gasteiger partial charge in [0.25, 0.3) is 0 Å². The minimum Gasteiger partial charge on any atom is -0.468 e. The van der Waals surface area contributed by atoms with Gasteiger partial charge in [0.05, 0.1) is 0 Å². The van der Waals surface area contributed by atoms with Gasteiger partial charge in [-0.15, -0.1) is 0 Å². The Bertz CT molecular complexity index is 522. The van der Waals surface area contributed by atoms with E-state index in [1.807, 2.05) is 0 Å². The maximum atomic E-state index is 6.62. The molecule has 2 aliphatic carbocycles. The van der Waals surface area contributed by atoms with Crippen LogP contribution < -0.4 is 0 Å². The van der Waals surface area contributed by atoms with E-state index >= 15 is 0 Å². The Morgan fingerprint density at radius 1 is 0.762 bits per heavy atom. The van der Waals surface area contributed by atoms with Crippen molar-refractivity contribution in [2.45, 2.75) is 75.3 Å². The maximum absolute atomic E-state index is 6.62. The zero-order chi connectivity index (χ0) is 14.2. The fourth-order valence-electron chi connectivity index (χ4n) is 4.70. The average molecular weight is 283 g/mol. The highest BCUT2D eigenvalue weighted by Gasteiger charge is 2.58. The van der Waals surface area contributed by atoms with Crippen molar-refractivity contribution in [2.24, 2.45) is 4.99 Å². The van der Waals surface area contributed by atoms with Crippen LogP contribution in [0.15, 0.2) is 35.3 Å². The summed E-state index contributed by atoms with van der Waals surface area (Å²) in [5.74, 6) is 0.916. The van der Waals surface area contributed by atoms with Gasteiger partial charge in [0, 0.05) is 5.56 Å². The van der Waals surface area contributed by atoms with Crippen molar-refractivity contribution in [1.29, 1.82) is 0 Å². The van der Waals surface area contributed by atoms with E-state index in [1.54, 1.807) is 0 Å².